The van der Waals surface area contributed by atoms with Crippen LogP contribution in [0, 0.1) is 11.3 Å². The van der Waals surface area contributed by atoms with Crippen molar-refractivity contribution in [3.05, 3.63) is 59.7 Å². The molecule has 1 amide bonds. The first-order chi connectivity index (χ1) is 16.1. The van der Waals surface area contributed by atoms with Crippen LogP contribution in [0.1, 0.15) is 17.5 Å². The molecule has 182 valence electrons. The van der Waals surface area contributed by atoms with Crippen molar-refractivity contribution in [2.45, 2.75) is 24.2 Å². The number of hydrogen-bond donors (Lipinski definition) is 1. The van der Waals surface area contributed by atoms with E-state index < -0.39 is 22.1 Å². The van der Waals surface area contributed by atoms with E-state index in [1.54, 1.807) is 17.0 Å². The van der Waals surface area contributed by atoms with Gasteiger partial charge in [0.2, 0.25) is 15.9 Å². The summed E-state index contributed by atoms with van der Waals surface area (Å²) in [7, 11) is -3.98. The number of alkyl halides is 3. The minimum Gasteiger partial charge on any atom is -0.406 e. The highest BCUT2D eigenvalue weighted by Crippen LogP contribution is 2.23. The molecule has 1 saturated heterocycles. The van der Waals surface area contributed by atoms with Crippen LogP contribution in [0.25, 0.3) is 0 Å². The highest BCUT2D eigenvalue weighted by Gasteiger charge is 2.31. The molecule has 1 aliphatic rings. The lowest BCUT2D eigenvalue weighted by Crippen LogP contribution is -2.48. The number of nitriles is 1. The fourth-order valence-corrected chi connectivity index (χ4v) is 4.48. The summed E-state index contributed by atoms with van der Waals surface area (Å²) >= 11 is 0. The number of benzene rings is 2. The van der Waals surface area contributed by atoms with Crippen molar-refractivity contribution in [2.24, 2.45) is 0 Å². The smallest absolute Gasteiger partial charge is 0.406 e. The van der Waals surface area contributed by atoms with Crippen LogP contribution in [-0.2, 0) is 21.4 Å². The highest BCUT2D eigenvalue weighted by atomic mass is 32.2. The number of halogens is 3. The van der Waals surface area contributed by atoms with E-state index in [2.05, 4.69) is 20.4 Å². The number of ether oxygens (including phenoxy) is 1. The molecule has 0 spiro atoms. The van der Waals surface area contributed by atoms with E-state index >= 15 is 0 Å². The largest absolute Gasteiger partial charge is 0.573 e. The number of hydrogen-bond acceptors (Lipinski definition) is 6. The van der Waals surface area contributed by atoms with E-state index in [1.807, 2.05) is 12.1 Å². The number of piperazine rings is 1. The van der Waals surface area contributed by atoms with Crippen molar-refractivity contribution < 1.29 is 31.1 Å². The molecule has 0 saturated carbocycles. The van der Waals surface area contributed by atoms with E-state index in [0.717, 1.165) is 29.8 Å². The Labute approximate surface area is 195 Å². The van der Waals surface area contributed by atoms with Gasteiger partial charge in [-0.05, 0) is 42.0 Å². The molecule has 0 bridgehead atoms. The van der Waals surface area contributed by atoms with Crippen molar-refractivity contribution in [3.8, 4) is 11.8 Å². The van der Waals surface area contributed by atoms with Gasteiger partial charge >= 0.3 is 6.36 Å². The molecule has 8 nitrogen and oxygen atoms in total. The lowest BCUT2D eigenvalue weighted by Gasteiger charge is -2.34. The Morgan fingerprint density at radius 2 is 1.65 bits per heavy atom. The third-order valence-corrected chi connectivity index (χ3v) is 6.69. The van der Waals surface area contributed by atoms with Crippen LogP contribution >= 0.6 is 0 Å². The zero-order valence-electron chi connectivity index (χ0n) is 18.1. The average molecular weight is 497 g/mol. The Morgan fingerprint density at radius 1 is 1.03 bits per heavy atom. The summed E-state index contributed by atoms with van der Waals surface area (Å²) in [6.07, 6.45) is -4.90. The van der Waals surface area contributed by atoms with Crippen LogP contribution in [0.3, 0.4) is 0 Å². The Bertz CT molecular complexity index is 1120. The van der Waals surface area contributed by atoms with Crippen LogP contribution < -0.4 is 9.46 Å². The van der Waals surface area contributed by atoms with Crippen molar-refractivity contribution in [1.82, 2.24) is 14.5 Å². The summed E-state index contributed by atoms with van der Waals surface area (Å²) in [6.45, 7) is 2.95. The van der Waals surface area contributed by atoms with Crippen LogP contribution in [0.5, 0.6) is 5.75 Å². The lowest BCUT2D eigenvalue weighted by atomic mass is 10.1. The van der Waals surface area contributed by atoms with E-state index in [1.165, 1.54) is 0 Å². The van der Waals surface area contributed by atoms with Crippen LogP contribution in [0.4, 0.5) is 13.2 Å². The van der Waals surface area contributed by atoms with Gasteiger partial charge < -0.3 is 9.64 Å². The third kappa shape index (κ3) is 7.44. The molecule has 0 radical (unpaired) electrons. The molecular formula is C22H23F3N4O4S. The Balaban J connectivity index is 1.42. The predicted octanol–water partition coefficient (Wildman–Crippen LogP) is 2.47. The standard InChI is InChI=1S/C22H23F3N4O4S/c23-22(24,25)33-19-5-7-20(8-6-19)34(31,32)27-10-9-21(30)29-13-11-28(12-14-29)16-18-3-1-17(15-26)2-4-18/h1-8,27H,9-14,16H2. The van der Waals surface area contributed by atoms with Crippen molar-refractivity contribution in [1.29, 1.82) is 5.26 Å². The van der Waals surface area contributed by atoms with Gasteiger partial charge in [-0.2, -0.15) is 5.26 Å². The number of carbonyl (C=O) groups is 1. The van der Waals surface area contributed by atoms with E-state index in [-0.39, 0.29) is 23.8 Å². The Kier molecular flexibility index (Phi) is 8.14. The minimum absolute atomic E-state index is 0.0376. The SMILES string of the molecule is N#Cc1ccc(CN2CCN(C(=O)CCNS(=O)(=O)c3ccc(OC(F)(F)F)cc3)CC2)cc1. The molecule has 1 N–H and O–H groups in total. The first kappa shape index (κ1) is 25.5. The Morgan fingerprint density at radius 3 is 2.21 bits per heavy atom. The molecule has 0 aliphatic carbocycles. The van der Waals surface area contributed by atoms with Crippen molar-refractivity contribution in [2.75, 3.05) is 32.7 Å². The molecule has 12 heteroatoms. The molecule has 1 aliphatic heterocycles. The van der Waals surface area contributed by atoms with Gasteiger partial charge in [0, 0.05) is 45.7 Å². The summed E-state index contributed by atoms with van der Waals surface area (Å²) in [5.41, 5.74) is 1.67. The molecule has 3 rings (SSSR count). The van der Waals surface area contributed by atoms with Crippen LogP contribution in [0.15, 0.2) is 53.4 Å². The summed E-state index contributed by atoms with van der Waals surface area (Å²) in [6, 6.07) is 13.2. The second-order valence-corrected chi connectivity index (χ2v) is 9.40. The minimum atomic E-state index is -4.87. The number of rotatable bonds is 8. The summed E-state index contributed by atoms with van der Waals surface area (Å²) < 4.78 is 67.3. The Hall–Kier alpha value is -3.14. The van der Waals surface area contributed by atoms with E-state index in [9.17, 15) is 26.4 Å². The summed E-state index contributed by atoms with van der Waals surface area (Å²) in [5.74, 6) is -0.713. The second-order valence-electron chi connectivity index (χ2n) is 7.63. The zero-order chi connectivity index (χ0) is 24.8. The zero-order valence-corrected chi connectivity index (χ0v) is 18.9. The monoisotopic (exact) mass is 496 g/mol. The predicted molar refractivity (Wildman–Crippen MR) is 116 cm³/mol. The highest BCUT2D eigenvalue weighted by molar-refractivity contribution is 7.89. The van der Waals surface area contributed by atoms with E-state index in [0.29, 0.717) is 38.3 Å². The van der Waals surface area contributed by atoms with Crippen LogP contribution in [-0.4, -0.2) is 63.2 Å². The lowest BCUT2D eigenvalue weighted by molar-refractivity contribution is -0.274. The van der Waals surface area contributed by atoms with Crippen molar-refractivity contribution >= 4 is 15.9 Å². The second kappa shape index (κ2) is 10.9. The van der Waals surface area contributed by atoms with Gasteiger partial charge in [-0.1, -0.05) is 12.1 Å². The number of nitrogens with one attached hydrogen (secondary N) is 1. The fraction of sp³-hybridized carbons (Fsp3) is 0.364. The maximum Gasteiger partial charge on any atom is 0.573 e. The van der Waals surface area contributed by atoms with Crippen molar-refractivity contribution in [3.63, 3.8) is 0 Å². The third-order valence-electron chi connectivity index (χ3n) is 5.21. The average Bonchev–Trinajstić information content (AvgIpc) is 2.79. The molecule has 1 fully saturated rings. The first-order valence-electron chi connectivity index (χ1n) is 10.4. The number of sulfonamides is 1. The van der Waals surface area contributed by atoms with Gasteiger partial charge in [0.25, 0.3) is 0 Å². The molecular weight excluding hydrogens is 473 g/mol. The molecule has 2 aromatic carbocycles. The van der Waals surface area contributed by atoms with Gasteiger partial charge in [0.1, 0.15) is 5.75 Å². The van der Waals surface area contributed by atoms with Gasteiger partial charge in [-0.15, -0.1) is 13.2 Å². The summed E-state index contributed by atoms with van der Waals surface area (Å²) in [4.78, 5) is 16.1. The topological polar surface area (TPSA) is 103 Å². The van der Waals surface area contributed by atoms with E-state index in [4.69, 9.17) is 5.26 Å². The number of nitrogens with zero attached hydrogens (tertiary/aromatic N) is 3. The molecule has 0 aromatic heterocycles. The van der Waals surface area contributed by atoms with Gasteiger partial charge in [0.15, 0.2) is 0 Å². The molecule has 2 aromatic rings. The quantitative estimate of drug-likeness (QED) is 0.603. The molecule has 34 heavy (non-hydrogen) atoms. The fourth-order valence-electron chi connectivity index (χ4n) is 3.45. The molecule has 1 heterocycles. The maximum atomic E-state index is 12.5. The maximum absolute atomic E-state index is 12.5. The molecule has 0 atom stereocenters. The van der Waals surface area contributed by atoms with Gasteiger partial charge in [-0.3, -0.25) is 9.69 Å². The number of amides is 1. The normalized spacial score (nSPS) is 15.1. The molecule has 0 unspecified atom stereocenters. The van der Waals surface area contributed by atoms with Gasteiger partial charge in [-0.25, -0.2) is 13.1 Å². The van der Waals surface area contributed by atoms with Crippen LogP contribution in [0.2, 0.25) is 0 Å². The first-order valence-corrected chi connectivity index (χ1v) is 11.9. The van der Waals surface area contributed by atoms with Gasteiger partial charge in [0.05, 0.1) is 16.5 Å². The number of carbonyl (C=O) groups excluding carboxylic acids is 1. The summed E-state index contributed by atoms with van der Waals surface area (Å²) in [5, 5.41) is 8.86.